The molecule has 2 aromatic carbocycles. The predicted molar refractivity (Wildman–Crippen MR) is 140 cm³/mol. The number of carbonyl (C=O) groups excluding carboxylic acids is 1. The van der Waals surface area contributed by atoms with Crippen LogP contribution in [0.3, 0.4) is 0 Å². The molecule has 2 N–H and O–H groups in total. The van der Waals surface area contributed by atoms with Crippen molar-refractivity contribution in [2.75, 3.05) is 6.54 Å². The van der Waals surface area contributed by atoms with Gasteiger partial charge in [-0.05, 0) is 30.9 Å². The number of benzene rings is 2. The molecule has 12 nitrogen and oxygen atoms in total. The first-order valence-corrected chi connectivity index (χ1v) is 13.7. The molecule has 210 valence electrons. The van der Waals surface area contributed by atoms with Crippen LogP contribution in [0.5, 0.6) is 5.75 Å². The van der Waals surface area contributed by atoms with Gasteiger partial charge in [-0.3, -0.25) is 15.0 Å². The Bertz CT molecular complexity index is 1310. The normalized spacial score (nSPS) is 13.3. The average Bonchev–Trinajstić information content (AvgIpc) is 3.44. The van der Waals surface area contributed by atoms with Gasteiger partial charge < -0.3 is 19.6 Å². The number of sulfonamides is 1. The molecule has 0 fully saturated rings. The smallest absolute Gasteiger partial charge is 0.413 e. The van der Waals surface area contributed by atoms with Gasteiger partial charge in [0.2, 0.25) is 0 Å². The van der Waals surface area contributed by atoms with E-state index in [1.807, 2.05) is 19.9 Å². The lowest BCUT2D eigenvalue weighted by Crippen LogP contribution is -2.51. The number of nitrogens with one attached hydrogen (secondary N) is 1. The summed E-state index contributed by atoms with van der Waals surface area (Å²) in [7, 11) is -4.45. The molecule has 2 atom stereocenters. The second-order valence-electron chi connectivity index (χ2n) is 8.65. The largest absolute Gasteiger partial charge is 0.469 e. The number of furan rings is 1. The van der Waals surface area contributed by atoms with Gasteiger partial charge in [0.25, 0.3) is 15.7 Å². The van der Waals surface area contributed by atoms with Crippen molar-refractivity contribution >= 4 is 21.8 Å². The maximum Gasteiger partial charge on any atom is 0.413 e. The Labute approximate surface area is 226 Å². The molecule has 3 aromatic rings. The van der Waals surface area contributed by atoms with Gasteiger partial charge in [-0.1, -0.05) is 54.7 Å². The number of hydrogen-bond acceptors (Lipinski definition) is 9. The van der Waals surface area contributed by atoms with Crippen molar-refractivity contribution < 1.29 is 37.2 Å². The van der Waals surface area contributed by atoms with Crippen LogP contribution in [-0.2, 0) is 21.3 Å². The summed E-state index contributed by atoms with van der Waals surface area (Å²) in [5.41, 5.74) is 0.351. The highest BCUT2D eigenvalue weighted by atomic mass is 32.2. The third-order valence-corrected chi connectivity index (χ3v) is 7.50. The zero-order valence-electron chi connectivity index (χ0n) is 21.5. The number of ether oxygens (including phenoxy) is 1. The van der Waals surface area contributed by atoms with E-state index in [0.29, 0.717) is 17.3 Å². The van der Waals surface area contributed by atoms with Crippen molar-refractivity contribution in [1.29, 1.82) is 0 Å². The van der Waals surface area contributed by atoms with Gasteiger partial charge in [-0.2, -0.15) is 0 Å². The second kappa shape index (κ2) is 13.8. The summed E-state index contributed by atoms with van der Waals surface area (Å²) in [5.74, 6) is 0.146. The van der Waals surface area contributed by atoms with E-state index < -0.39 is 51.5 Å². The van der Waals surface area contributed by atoms with E-state index in [1.54, 1.807) is 24.3 Å². The monoisotopic (exact) mass is 561 g/mol. The molecule has 1 amide bonds. The predicted octanol–water partition coefficient (Wildman–Crippen LogP) is 4.06. The summed E-state index contributed by atoms with van der Waals surface area (Å²) in [5, 5.41) is 25.1. The van der Waals surface area contributed by atoms with Crippen LogP contribution in [0, 0.1) is 10.1 Å². The van der Waals surface area contributed by atoms with E-state index in [2.05, 4.69) is 5.32 Å². The molecule has 0 bridgehead atoms. The van der Waals surface area contributed by atoms with Gasteiger partial charge in [0.1, 0.15) is 6.26 Å². The highest BCUT2D eigenvalue weighted by Crippen LogP contribution is 2.24. The minimum Gasteiger partial charge on any atom is -0.469 e. The van der Waals surface area contributed by atoms with E-state index in [4.69, 9.17) is 14.0 Å². The highest BCUT2D eigenvalue weighted by Gasteiger charge is 2.34. The number of carbonyl (C=O) groups is 1. The molecule has 13 heteroatoms. The molecular weight excluding hydrogens is 530 g/mol. The SMILES string of the molecule is CCC(CC)ON(C[C@@H](O)[C@H](Cc1ccccc1)NC(=O)Oc1ccoc1)S(=O)(=O)c1cccc([N+](=O)[O-])c1. The number of hydroxylamine groups is 1. The first-order chi connectivity index (χ1) is 18.6. The number of nitro groups is 1. The van der Waals surface area contributed by atoms with E-state index in [1.165, 1.54) is 36.8 Å². The van der Waals surface area contributed by atoms with Crippen molar-refractivity contribution in [3.05, 3.63) is 88.9 Å². The van der Waals surface area contributed by atoms with Gasteiger partial charge in [0.05, 0.1) is 40.9 Å². The average molecular weight is 562 g/mol. The second-order valence-corrected chi connectivity index (χ2v) is 10.5. The summed E-state index contributed by atoms with van der Waals surface area (Å²) < 4.78 is 37.8. The van der Waals surface area contributed by atoms with Crippen LogP contribution in [-0.4, -0.2) is 53.8 Å². The molecule has 1 heterocycles. The van der Waals surface area contributed by atoms with E-state index >= 15 is 0 Å². The van der Waals surface area contributed by atoms with Gasteiger partial charge in [-0.25, -0.2) is 13.2 Å². The molecule has 1 aromatic heterocycles. The summed E-state index contributed by atoms with van der Waals surface area (Å²) in [6, 6.07) is 14.0. The Balaban J connectivity index is 1.90. The Kier molecular flexibility index (Phi) is 10.6. The molecule has 0 aliphatic carbocycles. The molecule has 0 aliphatic rings. The lowest BCUT2D eigenvalue weighted by Gasteiger charge is -2.31. The zero-order valence-corrected chi connectivity index (χ0v) is 22.3. The van der Waals surface area contributed by atoms with Crippen LogP contribution in [0.2, 0.25) is 0 Å². The summed E-state index contributed by atoms with van der Waals surface area (Å²) in [4.78, 5) is 28.5. The zero-order chi connectivity index (χ0) is 28.4. The fourth-order valence-corrected chi connectivity index (χ4v) is 5.05. The molecule has 0 aliphatic heterocycles. The third kappa shape index (κ3) is 8.35. The molecule has 39 heavy (non-hydrogen) atoms. The molecule has 0 saturated heterocycles. The van der Waals surface area contributed by atoms with Crippen molar-refractivity contribution in [2.45, 2.75) is 56.3 Å². The van der Waals surface area contributed by atoms with Crippen molar-refractivity contribution in [3.8, 4) is 5.75 Å². The van der Waals surface area contributed by atoms with Crippen LogP contribution < -0.4 is 10.1 Å². The number of aliphatic hydroxyl groups is 1. The number of non-ortho nitro benzene ring substituents is 1. The van der Waals surface area contributed by atoms with Crippen LogP contribution in [0.4, 0.5) is 10.5 Å². The maximum atomic E-state index is 13.6. The van der Waals surface area contributed by atoms with Crippen LogP contribution in [0.25, 0.3) is 0 Å². The molecular formula is C26H31N3O9S. The van der Waals surface area contributed by atoms with Crippen LogP contribution in [0.15, 0.2) is 82.5 Å². The Hall–Kier alpha value is -3.78. The fraction of sp³-hybridized carbons (Fsp3) is 0.346. The fourth-order valence-electron chi connectivity index (χ4n) is 3.71. The number of hydrogen-bond donors (Lipinski definition) is 2. The van der Waals surface area contributed by atoms with Gasteiger partial charge >= 0.3 is 6.09 Å². The minimum atomic E-state index is -4.45. The number of amides is 1. The van der Waals surface area contributed by atoms with E-state index in [0.717, 1.165) is 11.6 Å². The number of nitrogens with zero attached hydrogens (tertiary/aromatic N) is 2. The van der Waals surface area contributed by atoms with Crippen molar-refractivity contribution in [1.82, 2.24) is 9.79 Å². The van der Waals surface area contributed by atoms with Crippen LogP contribution in [0.1, 0.15) is 32.3 Å². The lowest BCUT2D eigenvalue weighted by atomic mass is 10.0. The number of rotatable bonds is 14. The summed E-state index contributed by atoms with van der Waals surface area (Å²) >= 11 is 0. The Morgan fingerprint density at radius 3 is 2.46 bits per heavy atom. The van der Waals surface area contributed by atoms with Gasteiger partial charge in [-0.15, -0.1) is 0 Å². The molecule has 0 saturated carbocycles. The molecule has 0 unspecified atom stereocenters. The molecule has 0 radical (unpaired) electrons. The van der Waals surface area contributed by atoms with Gasteiger partial charge in [0.15, 0.2) is 5.75 Å². The number of nitro benzene ring substituents is 1. The van der Waals surface area contributed by atoms with Gasteiger partial charge in [0, 0.05) is 18.2 Å². The van der Waals surface area contributed by atoms with E-state index in [9.17, 15) is 28.4 Å². The third-order valence-electron chi connectivity index (χ3n) is 5.88. The highest BCUT2D eigenvalue weighted by molar-refractivity contribution is 7.89. The topological polar surface area (TPSA) is 161 Å². The summed E-state index contributed by atoms with van der Waals surface area (Å²) in [6.45, 7) is 3.05. The standard InChI is InChI=1S/C26H31N3O9S/c1-3-21(4-2)38-28(39(34,35)23-12-8-11-20(16-23)29(32)33)17-25(30)24(15-19-9-6-5-7-10-19)27-26(31)37-22-13-14-36-18-22/h5-14,16,18,21,24-25,30H,3-4,15,17H2,1-2H3,(H,27,31)/t24-,25+/m0/s1. The van der Waals surface area contributed by atoms with Crippen molar-refractivity contribution in [3.63, 3.8) is 0 Å². The lowest BCUT2D eigenvalue weighted by molar-refractivity contribution is -0.385. The first-order valence-electron chi connectivity index (χ1n) is 12.3. The van der Waals surface area contributed by atoms with Crippen LogP contribution >= 0.6 is 0 Å². The maximum absolute atomic E-state index is 13.6. The molecule has 3 rings (SSSR count). The van der Waals surface area contributed by atoms with Crippen molar-refractivity contribution in [2.24, 2.45) is 0 Å². The summed E-state index contributed by atoms with van der Waals surface area (Å²) in [6.07, 6.45) is 0.752. The minimum absolute atomic E-state index is 0.137. The Morgan fingerprint density at radius 2 is 1.85 bits per heavy atom. The quantitative estimate of drug-likeness (QED) is 0.218. The van der Waals surface area contributed by atoms with E-state index in [-0.39, 0.29) is 17.1 Å². The Morgan fingerprint density at radius 1 is 1.13 bits per heavy atom. The molecule has 0 spiro atoms. The first kappa shape index (κ1) is 29.8. The number of aliphatic hydroxyl groups excluding tert-OH is 1.